The predicted molar refractivity (Wildman–Crippen MR) is 121 cm³/mol. The van der Waals surface area contributed by atoms with Gasteiger partial charge in [0.15, 0.2) is 0 Å². The normalized spacial score (nSPS) is 25.1. The minimum absolute atomic E-state index is 0.0201. The topological polar surface area (TPSA) is 71.1 Å². The number of benzene rings is 2. The van der Waals surface area contributed by atoms with Crippen molar-refractivity contribution >= 4 is 17.5 Å². The van der Waals surface area contributed by atoms with Gasteiger partial charge in [0.1, 0.15) is 6.10 Å². The second-order valence-corrected chi connectivity index (χ2v) is 8.80. The van der Waals surface area contributed by atoms with E-state index < -0.39 is 6.10 Å². The molecule has 7 nitrogen and oxygen atoms in total. The molecule has 3 heterocycles. The lowest BCUT2D eigenvalue weighted by Crippen LogP contribution is -2.43. The van der Waals surface area contributed by atoms with Gasteiger partial charge in [0, 0.05) is 49.4 Å². The number of carbonyl (C=O) groups excluding carboxylic acids is 2. The van der Waals surface area contributed by atoms with Gasteiger partial charge in [-0.15, -0.1) is 0 Å². The number of nitrogens with one attached hydrogen (secondary N) is 1. The predicted octanol–water partition coefficient (Wildman–Crippen LogP) is 1.82. The molecule has 0 aromatic heterocycles. The Morgan fingerprint density at radius 1 is 1.03 bits per heavy atom. The Bertz CT molecular complexity index is 976. The van der Waals surface area contributed by atoms with Crippen LogP contribution in [-0.2, 0) is 19.7 Å². The van der Waals surface area contributed by atoms with Gasteiger partial charge in [0.25, 0.3) is 5.91 Å². The first kappa shape index (κ1) is 21.1. The second kappa shape index (κ2) is 9.02. The molecule has 1 N–H and O–H groups in total. The van der Waals surface area contributed by atoms with E-state index in [1.165, 1.54) is 0 Å². The molecule has 2 fully saturated rings. The van der Waals surface area contributed by atoms with Gasteiger partial charge in [0.2, 0.25) is 5.91 Å². The highest BCUT2D eigenvalue weighted by Gasteiger charge is 2.51. The number of hydrogen-bond donors (Lipinski definition) is 1. The van der Waals surface area contributed by atoms with Gasteiger partial charge in [-0.1, -0.05) is 36.4 Å². The summed E-state index contributed by atoms with van der Waals surface area (Å²) < 4.78 is 11.4. The fourth-order valence-electron chi connectivity index (χ4n) is 5.02. The number of morpholine rings is 1. The van der Waals surface area contributed by atoms with Crippen LogP contribution in [0.3, 0.4) is 0 Å². The summed E-state index contributed by atoms with van der Waals surface area (Å²) in [6.45, 7) is 5.68. The molecular formula is C25H29N3O4. The summed E-state index contributed by atoms with van der Waals surface area (Å²) in [4.78, 5) is 30.2. The average Bonchev–Trinajstić information content (AvgIpc) is 3.42. The molecule has 0 radical (unpaired) electrons. The molecule has 0 aliphatic carbocycles. The van der Waals surface area contributed by atoms with Crippen LogP contribution in [0, 0.1) is 0 Å². The van der Waals surface area contributed by atoms with Crippen molar-refractivity contribution in [3.63, 3.8) is 0 Å². The molecule has 3 aliphatic rings. The van der Waals surface area contributed by atoms with E-state index in [1.54, 1.807) is 0 Å². The Kier molecular flexibility index (Phi) is 5.95. The van der Waals surface area contributed by atoms with Crippen molar-refractivity contribution in [2.24, 2.45) is 0 Å². The lowest BCUT2D eigenvalue weighted by Gasteiger charge is -2.26. The van der Waals surface area contributed by atoms with Crippen molar-refractivity contribution in [2.75, 3.05) is 57.4 Å². The fourth-order valence-corrected chi connectivity index (χ4v) is 5.02. The van der Waals surface area contributed by atoms with E-state index in [1.807, 2.05) is 53.4 Å². The fraction of sp³-hybridized carbons (Fsp3) is 0.440. The lowest BCUT2D eigenvalue weighted by molar-refractivity contribution is -0.130. The number of fused-ring (bicyclic) bond motifs is 2. The van der Waals surface area contributed by atoms with Gasteiger partial charge >= 0.3 is 0 Å². The van der Waals surface area contributed by atoms with E-state index in [4.69, 9.17) is 9.47 Å². The van der Waals surface area contributed by atoms with Crippen LogP contribution < -0.4 is 10.2 Å². The molecule has 2 amide bonds. The molecule has 7 heteroatoms. The molecule has 2 aromatic rings. The monoisotopic (exact) mass is 435 g/mol. The maximum atomic E-state index is 13.2. The molecule has 32 heavy (non-hydrogen) atoms. The third kappa shape index (κ3) is 4.03. The van der Waals surface area contributed by atoms with Crippen LogP contribution in [0.25, 0.3) is 0 Å². The third-order valence-corrected chi connectivity index (χ3v) is 6.75. The van der Waals surface area contributed by atoms with Crippen LogP contribution in [0.2, 0.25) is 0 Å². The van der Waals surface area contributed by atoms with E-state index in [9.17, 15) is 9.59 Å². The first-order valence-corrected chi connectivity index (χ1v) is 11.3. The molecule has 168 valence electrons. The van der Waals surface area contributed by atoms with E-state index in [2.05, 4.69) is 16.3 Å². The van der Waals surface area contributed by atoms with Crippen molar-refractivity contribution in [1.82, 2.24) is 10.2 Å². The first-order valence-electron chi connectivity index (χ1n) is 11.3. The largest absolute Gasteiger partial charge is 0.379 e. The van der Waals surface area contributed by atoms with Gasteiger partial charge in [-0.3, -0.25) is 14.5 Å². The van der Waals surface area contributed by atoms with Gasteiger partial charge in [-0.2, -0.15) is 0 Å². The summed E-state index contributed by atoms with van der Waals surface area (Å²) in [7, 11) is 0. The first-order chi connectivity index (χ1) is 15.7. The zero-order chi connectivity index (χ0) is 22.0. The number of rotatable bonds is 5. The van der Waals surface area contributed by atoms with E-state index in [0.717, 1.165) is 44.1 Å². The van der Waals surface area contributed by atoms with Gasteiger partial charge < -0.3 is 19.7 Å². The Hall–Kier alpha value is -2.74. The molecule has 1 spiro atoms. The van der Waals surface area contributed by atoms with Gasteiger partial charge in [-0.05, 0) is 30.2 Å². The zero-order valence-corrected chi connectivity index (χ0v) is 18.2. The molecule has 2 saturated heterocycles. The minimum Gasteiger partial charge on any atom is -0.379 e. The highest BCUT2D eigenvalue weighted by atomic mass is 16.5. The number of nitrogens with zero attached hydrogens (tertiary/aromatic N) is 2. The van der Waals surface area contributed by atoms with Crippen molar-refractivity contribution in [3.05, 3.63) is 65.7 Å². The van der Waals surface area contributed by atoms with Crippen LogP contribution in [0.5, 0.6) is 0 Å². The van der Waals surface area contributed by atoms with Crippen molar-refractivity contribution in [2.45, 2.75) is 17.9 Å². The quantitative estimate of drug-likeness (QED) is 0.776. The molecule has 2 aromatic carbocycles. The number of para-hydroxylation sites is 1. The summed E-state index contributed by atoms with van der Waals surface area (Å²) in [5, 5.41) is 3.04. The number of ether oxygens (including phenoxy) is 2. The summed E-state index contributed by atoms with van der Waals surface area (Å²) in [6.07, 6.45) is 0.0749. The maximum absolute atomic E-state index is 13.2. The van der Waals surface area contributed by atoms with Crippen molar-refractivity contribution in [1.29, 1.82) is 0 Å². The van der Waals surface area contributed by atoms with E-state index >= 15 is 0 Å². The average molecular weight is 436 g/mol. The van der Waals surface area contributed by atoms with Crippen molar-refractivity contribution < 1.29 is 19.1 Å². The summed E-state index contributed by atoms with van der Waals surface area (Å²) in [6, 6.07) is 17.3. The Balaban J connectivity index is 1.26. The summed E-state index contributed by atoms with van der Waals surface area (Å²) >= 11 is 0. The summed E-state index contributed by atoms with van der Waals surface area (Å²) in [5.41, 5.74) is 2.31. The molecule has 0 unspecified atom stereocenters. The summed E-state index contributed by atoms with van der Waals surface area (Å²) in [5.74, 6) is -0.0891. The van der Waals surface area contributed by atoms with Gasteiger partial charge in [-0.25, -0.2) is 0 Å². The zero-order valence-electron chi connectivity index (χ0n) is 18.2. The maximum Gasteiger partial charge on any atom is 0.258 e. The molecule has 0 bridgehead atoms. The molecule has 5 rings (SSSR count). The highest BCUT2D eigenvalue weighted by molar-refractivity contribution is 6.07. The third-order valence-electron chi connectivity index (χ3n) is 6.75. The minimum atomic E-state index is -0.500. The smallest absolute Gasteiger partial charge is 0.258 e. The van der Waals surface area contributed by atoms with Crippen LogP contribution >= 0.6 is 0 Å². The Morgan fingerprint density at radius 3 is 2.59 bits per heavy atom. The van der Waals surface area contributed by atoms with Gasteiger partial charge in [0.05, 0.1) is 19.8 Å². The lowest BCUT2D eigenvalue weighted by atomic mass is 9.80. The molecule has 3 aliphatic heterocycles. The number of hydrogen-bond acceptors (Lipinski definition) is 5. The standard InChI is InChI=1S/C25H29N3O4/c29-23(26-10-11-27-12-14-31-15-13-27)22-16-25(18-32-22)17-28(21-9-5-4-8-20(21)25)24(30)19-6-2-1-3-7-19/h1-9,22H,10-18H2,(H,26,29)/t22-,25-/m0/s1. The van der Waals surface area contributed by atoms with Crippen LogP contribution in [0.1, 0.15) is 22.3 Å². The van der Waals surface area contributed by atoms with E-state index in [0.29, 0.717) is 31.7 Å². The van der Waals surface area contributed by atoms with Crippen LogP contribution in [-0.4, -0.2) is 75.4 Å². The number of carbonyl (C=O) groups is 2. The highest BCUT2D eigenvalue weighted by Crippen LogP contribution is 2.47. The SMILES string of the molecule is O=C(NCCN1CCOCC1)[C@@H]1C[C@@]2(CO1)CN(C(=O)c1ccccc1)c1ccccc12. The van der Waals surface area contributed by atoms with Crippen LogP contribution in [0.4, 0.5) is 5.69 Å². The second-order valence-electron chi connectivity index (χ2n) is 8.80. The van der Waals surface area contributed by atoms with Crippen molar-refractivity contribution in [3.8, 4) is 0 Å². The Labute approximate surface area is 188 Å². The Morgan fingerprint density at radius 2 is 1.78 bits per heavy atom. The number of anilines is 1. The number of amides is 2. The molecule has 0 saturated carbocycles. The van der Waals surface area contributed by atoms with E-state index in [-0.39, 0.29) is 17.2 Å². The molecule has 2 atom stereocenters. The van der Waals surface area contributed by atoms with Crippen LogP contribution in [0.15, 0.2) is 54.6 Å². The molecular weight excluding hydrogens is 406 g/mol.